The number of hydrogen-bond donors (Lipinski definition) is 1. The Bertz CT molecular complexity index is 757. The third-order valence-corrected chi connectivity index (χ3v) is 5.40. The Kier molecular flexibility index (Phi) is 5.78. The molecule has 1 saturated heterocycles. The zero-order valence-electron chi connectivity index (χ0n) is 16.1. The average Bonchev–Trinajstić information content (AvgIpc) is 2.64. The summed E-state index contributed by atoms with van der Waals surface area (Å²) in [6, 6.07) is 9.37. The van der Waals surface area contributed by atoms with Crippen LogP contribution in [-0.2, 0) is 4.79 Å². The molecule has 1 heterocycles. The van der Waals surface area contributed by atoms with Crippen molar-refractivity contribution in [1.29, 1.82) is 0 Å². The lowest BCUT2D eigenvalue weighted by atomic mass is 9.77. The van der Waals surface area contributed by atoms with Crippen LogP contribution in [0.3, 0.4) is 0 Å². The highest BCUT2D eigenvalue weighted by molar-refractivity contribution is 6.14. The molecule has 0 saturated carbocycles. The number of carbonyl (C=O) groups is 2. The molecule has 3 rings (SSSR count). The minimum Gasteiger partial charge on any atom is -0.511 e. The average molecular weight is 368 g/mol. The second-order valence-corrected chi connectivity index (χ2v) is 8.40. The molecule has 1 fully saturated rings. The van der Waals surface area contributed by atoms with Crippen molar-refractivity contribution in [1.82, 2.24) is 4.90 Å². The summed E-state index contributed by atoms with van der Waals surface area (Å²) in [6.45, 7) is 6.06. The topological polar surface area (TPSA) is 70.0 Å². The van der Waals surface area contributed by atoms with E-state index in [1.54, 1.807) is 6.21 Å². The quantitative estimate of drug-likeness (QED) is 0.822. The second-order valence-electron chi connectivity index (χ2n) is 8.40. The number of rotatable bonds is 4. The zero-order chi connectivity index (χ0) is 19.4. The van der Waals surface area contributed by atoms with Gasteiger partial charge in [0.15, 0.2) is 5.78 Å². The molecule has 27 heavy (non-hydrogen) atoms. The molecule has 0 spiro atoms. The minimum absolute atomic E-state index is 0.0317. The number of nitrogens with zero attached hydrogens (tertiary/aromatic N) is 2. The van der Waals surface area contributed by atoms with Crippen LogP contribution in [0.15, 0.2) is 46.7 Å². The molecule has 1 aliphatic heterocycles. The van der Waals surface area contributed by atoms with E-state index in [-0.39, 0.29) is 22.9 Å². The number of hydrogen-bond acceptors (Lipinski definition) is 4. The van der Waals surface area contributed by atoms with Gasteiger partial charge < -0.3 is 10.0 Å². The molecule has 1 amide bonds. The van der Waals surface area contributed by atoms with E-state index in [0.29, 0.717) is 30.9 Å². The number of aliphatic hydroxyl groups is 1. The number of piperidine rings is 1. The largest absolute Gasteiger partial charge is 0.511 e. The summed E-state index contributed by atoms with van der Waals surface area (Å²) in [5.74, 6) is 0.612. The van der Waals surface area contributed by atoms with Gasteiger partial charge in [-0.25, -0.2) is 0 Å². The SMILES string of the molecule is CC1(C)CC(=O)C(C=NCC2CCN(C(=O)c3ccccc3)CC2)=C(O)C1. The van der Waals surface area contributed by atoms with Crippen molar-refractivity contribution in [3.63, 3.8) is 0 Å². The predicted octanol–water partition coefficient (Wildman–Crippen LogP) is 3.81. The highest BCUT2D eigenvalue weighted by Gasteiger charge is 2.32. The summed E-state index contributed by atoms with van der Waals surface area (Å²) in [4.78, 5) is 31.0. The van der Waals surface area contributed by atoms with Gasteiger partial charge in [0, 0.05) is 44.3 Å². The molecule has 0 unspecified atom stereocenters. The van der Waals surface area contributed by atoms with Gasteiger partial charge in [0.2, 0.25) is 0 Å². The number of carbonyl (C=O) groups excluding carboxylic acids is 2. The smallest absolute Gasteiger partial charge is 0.253 e. The van der Waals surface area contributed by atoms with Gasteiger partial charge in [-0.2, -0.15) is 0 Å². The van der Waals surface area contributed by atoms with Gasteiger partial charge in [0.05, 0.1) is 5.57 Å². The van der Waals surface area contributed by atoms with E-state index in [0.717, 1.165) is 31.5 Å². The number of ketones is 1. The van der Waals surface area contributed by atoms with Crippen LogP contribution in [0.25, 0.3) is 0 Å². The Morgan fingerprint density at radius 2 is 1.89 bits per heavy atom. The maximum absolute atomic E-state index is 12.5. The highest BCUT2D eigenvalue weighted by Crippen LogP contribution is 2.35. The Morgan fingerprint density at radius 1 is 1.22 bits per heavy atom. The molecule has 5 nitrogen and oxygen atoms in total. The van der Waals surface area contributed by atoms with Gasteiger partial charge in [0.1, 0.15) is 5.76 Å². The van der Waals surface area contributed by atoms with Crippen molar-refractivity contribution in [2.45, 2.75) is 39.5 Å². The third kappa shape index (κ3) is 4.85. The molecule has 0 radical (unpaired) electrons. The predicted molar refractivity (Wildman–Crippen MR) is 106 cm³/mol. The van der Waals surface area contributed by atoms with Crippen LogP contribution in [0.5, 0.6) is 0 Å². The molecular weight excluding hydrogens is 340 g/mol. The highest BCUT2D eigenvalue weighted by atomic mass is 16.3. The van der Waals surface area contributed by atoms with Crippen molar-refractivity contribution in [2.75, 3.05) is 19.6 Å². The molecule has 0 aromatic heterocycles. The normalized spacial score (nSPS) is 21.1. The first-order chi connectivity index (χ1) is 12.9. The summed E-state index contributed by atoms with van der Waals surface area (Å²) in [7, 11) is 0. The van der Waals surface area contributed by atoms with E-state index >= 15 is 0 Å². The van der Waals surface area contributed by atoms with Crippen LogP contribution in [-0.4, -0.2) is 47.5 Å². The molecule has 1 aliphatic carbocycles. The maximum atomic E-state index is 12.5. The number of likely N-dealkylation sites (tertiary alicyclic amines) is 1. The van der Waals surface area contributed by atoms with Crippen molar-refractivity contribution < 1.29 is 14.7 Å². The number of aliphatic imine (C=N–C) groups is 1. The number of Topliss-reactive ketones (excluding diaryl/α,β-unsaturated/α-hetero) is 1. The Hall–Kier alpha value is -2.43. The van der Waals surface area contributed by atoms with Crippen LogP contribution in [0.4, 0.5) is 0 Å². The maximum Gasteiger partial charge on any atom is 0.253 e. The lowest BCUT2D eigenvalue weighted by Gasteiger charge is -2.31. The Balaban J connectivity index is 1.51. The van der Waals surface area contributed by atoms with E-state index in [1.165, 1.54) is 0 Å². The molecule has 144 valence electrons. The summed E-state index contributed by atoms with van der Waals surface area (Å²) >= 11 is 0. The standard InChI is InChI=1S/C22H28N2O3/c1-22(2)12-19(25)18(20(26)13-22)15-23-14-16-8-10-24(11-9-16)21(27)17-6-4-3-5-7-17/h3-7,15-16,25H,8-14H2,1-2H3. The number of benzene rings is 1. The van der Waals surface area contributed by atoms with Crippen molar-refractivity contribution in [3.8, 4) is 0 Å². The van der Waals surface area contributed by atoms with Gasteiger partial charge >= 0.3 is 0 Å². The summed E-state index contributed by atoms with van der Waals surface area (Å²) in [5, 5.41) is 10.1. The summed E-state index contributed by atoms with van der Waals surface area (Å²) in [6.07, 6.45) is 4.32. The fourth-order valence-corrected chi connectivity index (χ4v) is 3.82. The van der Waals surface area contributed by atoms with Gasteiger partial charge in [-0.3, -0.25) is 14.6 Å². The van der Waals surface area contributed by atoms with Crippen LogP contribution in [0.2, 0.25) is 0 Å². The molecule has 1 N–H and O–H groups in total. The molecule has 0 atom stereocenters. The van der Waals surface area contributed by atoms with Crippen molar-refractivity contribution >= 4 is 17.9 Å². The lowest BCUT2D eigenvalue weighted by Crippen LogP contribution is -2.39. The monoisotopic (exact) mass is 368 g/mol. The molecule has 2 aliphatic rings. The summed E-state index contributed by atoms with van der Waals surface area (Å²) < 4.78 is 0. The third-order valence-electron chi connectivity index (χ3n) is 5.40. The van der Waals surface area contributed by atoms with Gasteiger partial charge in [-0.05, 0) is 36.3 Å². The minimum atomic E-state index is -0.184. The van der Waals surface area contributed by atoms with E-state index in [4.69, 9.17) is 0 Å². The van der Waals surface area contributed by atoms with Gasteiger partial charge in [0.25, 0.3) is 5.91 Å². The molecule has 0 bridgehead atoms. The van der Waals surface area contributed by atoms with Crippen molar-refractivity contribution in [2.24, 2.45) is 16.3 Å². The lowest BCUT2D eigenvalue weighted by molar-refractivity contribution is -0.117. The van der Waals surface area contributed by atoms with Crippen LogP contribution < -0.4 is 0 Å². The van der Waals surface area contributed by atoms with Gasteiger partial charge in [-0.1, -0.05) is 32.0 Å². The van der Waals surface area contributed by atoms with E-state index in [2.05, 4.69) is 4.99 Å². The second kappa shape index (κ2) is 8.07. The van der Waals surface area contributed by atoms with Crippen LogP contribution >= 0.6 is 0 Å². The molecular formula is C22H28N2O3. The fraction of sp³-hybridized carbons (Fsp3) is 0.500. The number of aliphatic hydroxyl groups excluding tert-OH is 1. The number of allylic oxidation sites excluding steroid dienone is 2. The zero-order valence-corrected chi connectivity index (χ0v) is 16.1. The first kappa shape index (κ1) is 19.3. The first-order valence-corrected chi connectivity index (χ1v) is 9.65. The van der Waals surface area contributed by atoms with E-state index in [9.17, 15) is 14.7 Å². The molecule has 5 heteroatoms. The summed E-state index contributed by atoms with van der Waals surface area (Å²) in [5.41, 5.74) is 0.914. The number of amides is 1. The first-order valence-electron chi connectivity index (χ1n) is 9.65. The molecule has 1 aromatic carbocycles. The van der Waals surface area contributed by atoms with Crippen LogP contribution in [0.1, 0.15) is 49.9 Å². The molecule has 1 aromatic rings. The van der Waals surface area contributed by atoms with E-state index < -0.39 is 0 Å². The van der Waals surface area contributed by atoms with Gasteiger partial charge in [-0.15, -0.1) is 0 Å². The van der Waals surface area contributed by atoms with Crippen LogP contribution in [0, 0.1) is 11.3 Å². The fourth-order valence-electron chi connectivity index (χ4n) is 3.82. The van der Waals surface area contributed by atoms with E-state index in [1.807, 2.05) is 49.1 Å². The Labute approximate surface area is 160 Å². The Morgan fingerprint density at radius 3 is 2.52 bits per heavy atom. The van der Waals surface area contributed by atoms with Crippen molar-refractivity contribution in [3.05, 3.63) is 47.2 Å².